The maximum atomic E-state index is 13.4. The summed E-state index contributed by atoms with van der Waals surface area (Å²) in [4.78, 5) is 20.0. The number of nitrogens with one attached hydrogen (secondary N) is 3. The van der Waals surface area contributed by atoms with Gasteiger partial charge in [0.15, 0.2) is 0 Å². The molecule has 1 saturated heterocycles. The number of hydrogen-bond acceptors (Lipinski definition) is 3. The van der Waals surface area contributed by atoms with Crippen molar-refractivity contribution in [1.29, 1.82) is 0 Å². The maximum Gasteiger partial charge on any atom is 0.227 e. The van der Waals surface area contributed by atoms with Gasteiger partial charge in [0.05, 0.1) is 11.0 Å². The number of nitrogens with zero attached hydrogens (tertiary/aromatic N) is 1. The van der Waals surface area contributed by atoms with Crippen LogP contribution < -0.4 is 10.6 Å². The number of carbonyl (C=O) groups excluding carboxylic acids is 1. The summed E-state index contributed by atoms with van der Waals surface area (Å²) in [5.74, 6) is 0.427. The number of imidazole rings is 1. The molecule has 1 aromatic heterocycles. The molecule has 0 atom stereocenters. The molecule has 0 saturated carbocycles. The number of rotatable bonds is 3. The van der Waals surface area contributed by atoms with Gasteiger partial charge < -0.3 is 15.6 Å². The lowest BCUT2D eigenvalue weighted by molar-refractivity contribution is -0.120. The average Bonchev–Trinajstić information content (AvgIpc) is 3.06. The second-order valence-electron chi connectivity index (χ2n) is 6.34. The molecular formula is C19H20ClFN4O. The van der Waals surface area contributed by atoms with Crippen LogP contribution >= 0.6 is 12.4 Å². The third-order valence-corrected chi connectivity index (χ3v) is 4.56. The van der Waals surface area contributed by atoms with Crippen molar-refractivity contribution in [3.05, 3.63) is 48.3 Å². The molecule has 3 N–H and O–H groups in total. The van der Waals surface area contributed by atoms with E-state index in [1.807, 2.05) is 18.2 Å². The normalized spacial score (nSPS) is 14.8. The van der Waals surface area contributed by atoms with E-state index in [4.69, 9.17) is 0 Å². The quantitative estimate of drug-likeness (QED) is 0.654. The lowest BCUT2D eigenvalue weighted by atomic mass is 9.97. The zero-order chi connectivity index (χ0) is 17.2. The molecule has 1 aliphatic rings. The van der Waals surface area contributed by atoms with Gasteiger partial charge in [-0.2, -0.15) is 0 Å². The van der Waals surface area contributed by atoms with E-state index in [0.29, 0.717) is 11.4 Å². The molecule has 4 rings (SSSR count). The summed E-state index contributed by atoms with van der Waals surface area (Å²) < 4.78 is 13.4. The van der Waals surface area contributed by atoms with Crippen molar-refractivity contribution in [3.8, 4) is 11.4 Å². The molecule has 0 radical (unpaired) electrons. The SMILES string of the molecule is Cl.O=C(Nc1ccc2nc(-c3cccc(F)c3)[nH]c2c1)C1CCNCC1. The van der Waals surface area contributed by atoms with E-state index in [9.17, 15) is 9.18 Å². The first-order chi connectivity index (χ1) is 12.2. The highest BCUT2D eigenvalue weighted by Crippen LogP contribution is 2.24. The average molecular weight is 375 g/mol. The number of amides is 1. The summed E-state index contributed by atoms with van der Waals surface area (Å²) in [5.41, 5.74) is 3.02. The Balaban J connectivity index is 0.00000196. The Morgan fingerprint density at radius 1 is 1.15 bits per heavy atom. The second kappa shape index (κ2) is 7.85. The first-order valence-corrected chi connectivity index (χ1v) is 8.46. The summed E-state index contributed by atoms with van der Waals surface area (Å²) in [6, 6.07) is 11.9. The monoisotopic (exact) mass is 374 g/mol. The van der Waals surface area contributed by atoms with Crippen molar-refractivity contribution in [1.82, 2.24) is 15.3 Å². The van der Waals surface area contributed by atoms with Gasteiger partial charge in [-0.3, -0.25) is 4.79 Å². The van der Waals surface area contributed by atoms with Gasteiger partial charge in [-0.05, 0) is 56.3 Å². The van der Waals surface area contributed by atoms with Crippen LogP contribution in [0.15, 0.2) is 42.5 Å². The molecule has 7 heteroatoms. The number of halogens is 2. The van der Waals surface area contributed by atoms with Crippen molar-refractivity contribution in [2.45, 2.75) is 12.8 Å². The highest BCUT2D eigenvalue weighted by atomic mass is 35.5. The number of H-pyrrole nitrogens is 1. The highest BCUT2D eigenvalue weighted by molar-refractivity contribution is 5.94. The number of aromatic nitrogens is 2. The number of anilines is 1. The van der Waals surface area contributed by atoms with Crippen LogP contribution in [0.3, 0.4) is 0 Å². The van der Waals surface area contributed by atoms with E-state index in [1.165, 1.54) is 12.1 Å². The minimum Gasteiger partial charge on any atom is -0.338 e. The third-order valence-electron chi connectivity index (χ3n) is 4.56. The van der Waals surface area contributed by atoms with Crippen LogP contribution in [0, 0.1) is 11.7 Å². The number of fused-ring (bicyclic) bond motifs is 1. The zero-order valence-electron chi connectivity index (χ0n) is 14.1. The van der Waals surface area contributed by atoms with E-state index in [1.54, 1.807) is 12.1 Å². The van der Waals surface area contributed by atoms with Crippen LogP contribution in [0.1, 0.15) is 12.8 Å². The number of piperidine rings is 1. The first kappa shape index (κ1) is 18.4. The molecule has 1 amide bonds. The topological polar surface area (TPSA) is 69.8 Å². The van der Waals surface area contributed by atoms with E-state index in [2.05, 4.69) is 20.6 Å². The van der Waals surface area contributed by atoms with Crippen LogP contribution in [0.2, 0.25) is 0 Å². The van der Waals surface area contributed by atoms with Gasteiger partial charge in [-0.25, -0.2) is 9.37 Å². The standard InChI is InChI=1S/C19H19FN4O.ClH/c20-14-3-1-2-13(10-14)18-23-16-5-4-15(11-17(16)24-18)22-19(25)12-6-8-21-9-7-12;/h1-5,10-12,21H,6-9H2,(H,22,25)(H,23,24);1H. The predicted molar refractivity (Wildman–Crippen MR) is 103 cm³/mol. The number of benzene rings is 2. The molecule has 2 heterocycles. The van der Waals surface area contributed by atoms with Crippen LogP contribution in [0.25, 0.3) is 22.4 Å². The predicted octanol–water partition coefficient (Wildman–Crippen LogP) is 3.73. The van der Waals surface area contributed by atoms with Gasteiger partial charge in [0, 0.05) is 17.2 Å². The van der Waals surface area contributed by atoms with Crippen LogP contribution in [-0.2, 0) is 4.79 Å². The third kappa shape index (κ3) is 3.86. The van der Waals surface area contributed by atoms with Gasteiger partial charge in [-0.1, -0.05) is 12.1 Å². The molecule has 3 aromatic rings. The number of hydrogen-bond donors (Lipinski definition) is 3. The van der Waals surface area contributed by atoms with Crippen molar-refractivity contribution in [2.75, 3.05) is 18.4 Å². The van der Waals surface area contributed by atoms with Crippen LogP contribution in [0.5, 0.6) is 0 Å². The van der Waals surface area contributed by atoms with Gasteiger partial charge >= 0.3 is 0 Å². The summed E-state index contributed by atoms with van der Waals surface area (Å²) in [5, 5.41) is 6.25. The van der Waals surface area contributed by atoms with E-state index in [0.717, 1.165) is 42.7 Å². The number of carbonyl (C=O) groups is 1. The fraction of sp³-hybridized carbons (Fsp3) is 0.263. The Hall–Kier alpha value is -2.44. The van der Waals surface area contributed by atoms with Crippen molar-refractivity contribution in [3.63, 3.8) is 0 Å². The largest absolute Gasteiger partial charge is 0.338 e. The van der Waals surface area contributed by atoms with E-state index in [-0.39, 0.29) is 30.0 Å². The summed E-state index contributed by atoms with van der Waals surface area (Å²) >= 11 is 0. The second-order valence-corrected chi connectivity index (χ2v) is 6.34. The molecule has 136 valence electrons. The minimum atomic E-state index is -0.298. The van der Waals surface area contributed by atoms with Gasteiger partial charge in [0.2, 0.25) is 5.91 Å². The van der Waals surface area contributed by atoms with Crippen molar-refractivity contribution in [2.24, 2.45) is 5.92 Å². The van der Waals surface area contributed by atoms with Gasteiger partial charge in [0.25, 0.3) is 0 Å². The number of aromatic amines is 1. The lowest BCUT2D eigenvalue weighted by Gasteiger charge is -2.21. The fourth-order valence-electron chi connectivity index (χ4n) is 3.19. The van der Waals surface area contributed by atoms with Crippen molar-refractivity contribution >= 4 is 35.0 Å². The minimum absolute atomic E-state index is 0. The molecule has 0 aliphatic carbocycles. The lowest BCUT2D eigenvalue weighted by Crippen LogP contribution is -2.34. The summed E-state index contributed by atoms with van der Waals surface area (Å²) in [6.45, 7) is 1.77. The summed E-state index contributed by atoms with van der Waals surface area (Å²) in [7, 11) is 0. The van der Waals surface area contributed by atoms with E-state index < -0.39 is 0 Å². The molecule has 0 spiro atoms. The molecule has 1 aliphatic heterocycles. The highest BCUT2D eigenvalue weighted by Gasteiger charge is 2.21. The Morgan fingerprint density at radius 2 is 1.96 bits per heavy atom. The van der Waals surface area contributed by atoms with Crippen molar-refractivity contribution < 1.29 is 9.18 Å². The van der Waals surface area contributed by atoms with Gasteiger partial charge in [0.1, 0.15) is 11.6 Å². The molecule has 0 unspecified atom stereocenters. The smallest absolute Gasteiger partial charge is 0.227 e. The first-order valence-electron chi connectivity index (χ1n) is 8.46. The van der Waals surface area contributed by atoms with Crippen LogP contribution in [0.4, 0.5) is 10.1 Å². The molecule has 2 aromatic carbocycles. The zero-order valence-corrected chi connectivity index (χ0v) is 14.9. The molecule has 1 fully saturated rings. The molecule has 5 nitrogen and oxygen atoms in total. The van der Waals surface area contributed by atoms with Crippen LogP contribution in [-0.4, -0.2) is 29.0 Å². The molecular weight excluding hydrogens is 355 g/mol. The molecule has 26 heavy (non-hydrogen) atoms. The molecule has 0 bridgehead atoms. The fourth-order valence-corrected chi connectivity index (χ4v) is 3.19. The van der Waals surface area contributed by atoms with Gasteiger partial charge in [-0.15, -0.1) is 12.4 Å². The Labute approximate surface area is 156 Å². The Bertz CT molecular complexity index is 921. The Kier molecular flexibility index (Phi) is 5.54. The maximum absolute atomic E-state index is 13.4. The van der Waals surface area contributed by atoms with E-state index >= 15 is 0 Å². The Morgan fingerprint density at radius 3 is 2.73 bits per heavy atom. The summed E-state index contributed by atoms with van der Waals surface area (Å²) in [6.07, 6.45) is 1.73.